The summed E-state index contributed by atoms with van der Waals surface area (Å²) in [5.41, 5.74) is 3.70. The number of carbonyl (C=O) groups excluding carboxylic acids is 2. The molecule has 0 radical (unpaired) electrons. The Morgan fingerprint density at radius 2 is 1.86 bits per heavy atom. The van der Waals surface area contributed by atoms with Crippen LogP contribution in [0.3, 0.4) is 0 Å². The Balaban J connectivity index is 1.70. The SMILES string of the molecule is CCCCNC(=O)C1c2[nH]c3ccc(Cl)cc3c2-c2ccccc2N1C(=O)c1ccc([N+](=O)[O-])cc1. The number of non-ortho nitro benzene ring substituents is 1. The van der Waals surface area contributed by atoms with Crippen LogP contribution in [0.4, 0.5) is 11.4 Å². The molecule has 1 aromatic heterocycles. The van der Waals surface area contributed by atoms with Gasteiger partial charge < -0.3 is 10.3 Å². The predicted molar refractivity (Wildman–Crippen MR) is 139 cm³/mol. The highest BCUT2D eigenvalue weighted by Gasteiger charge is 2.41. The molecule has 2 amide bonds. The molecule has 0 saturated carbocycles. The van der Waals surface area contributed by atoms with Gasteiger partial charge in [0.15, 0.2) is 6.04 Å². The van der Waals surface area contributed by atoms with E-state index in [1.807, 2.05) is 37.3 Å². The first-order valence-corrected chi connectivity index (χ1v) is 12.0. The molecule has 1 aliphatic rings. The van der Waals surface area contributed by atoms with Crippen LogP contribution in [0.1, 0.15) is 41.9 Å². The van der Waals surface area contributed by atoms with E-state index in [0.717, 1.165) is 34.9 Å². The van der Waals surface area contributed by atoms with Crippen molar-refractivity contribution in [3.63, 3.8) is 0 Å². The standard InChI is InChI=1S/C27H23ClN4O4/c1-2-3-14-29-26(33)25-24-23(20-15-17(28)10-13-21(20)30-24)19-6-4-5-7-22(19)31(25)27(34)16-8-11-18(12-9-16)32(35)36/h4-13,15,25,30H,2-3,14H2,1H3,(H,29,33). The van der Waals surface area contributed by atoms with Crippen LogP contribution in [0.5, 0.6) is 0 Å². The molecule has 1 atom stereocenters. The molecule has 3 aromatic carbocycles. The number of hydrogen-bond donors (Lipinski definition) is 2. The van der Waals surface area contributed by atoms with Gasteiger partial charge >= 0.3 is 0 Å². The number of hydrogen-bond acceptors (Lipinski definition) is 4. The number of nitro groups is 1. The minimum Gasteiger partial charge on any atom is -0.356 e. The fraction of sp³-hybridized carbons (Fsp3) is 0.185. The third-order valence-electron chi connectivity index (χ3n) is 6.38. The van der Waals surface area contributed by atoms with Gasteiger partial charge in [0.25, 0.3) is 11.6 Å². The summed E-state index contributed by atoms with van der Waals surface area (Å²) in [5.74, 6) is -0.748. The predicted octanol–water partition coefficient (Wildman–Crippen LogP) is 6.01. The second-order valence-electron chi connectivity index (χ2n) is 8.65. The average molecular weight is 503 g/mol. The molecule has 5 rings (SSSR count). The average Bonchev–Trinajstić information content (AvgIpc) is 3.26. The lowest BCUT2D eigenvalue weighted by Crippen LogP contribution is -2.46. The summed E-state index contributed by atoms with van der Waals surface area (Å²) < 4.78 is 0. The summed E-state index contributed by atoms with van der Waals surface area (Å²) in [4.78, 5) is 43.0. The van der Waals surface area contributed by atoms with Crippen LogP contribution in [-0.2, 0) is 4.79 Å². The molecule has 0 aliphatic carbocycles. The number of unbranched alkanes of at least 4 members (excludes halogenated alkanes) is 1. The first-order chi connectivity index (χ1) is 17.4. The van der Waals surface area contributed by atoms with Crippen molar-refractivity contribution in [1.82, 2.24) is 10.3 Å². The largest absolute Gasteiger partial charge is 0.356 e. The summed E-state index contributed by atoms with van der Waals surface area (Å²) in [7, 11) is 0. The number of aromatic nitrogens is 1. The van der Waals surface area contributed by atoms with Crippen molar-refractivity contribution >= 4 is 45.7 Å². The maximum absolute atomic E-state index is 13.9. The van der Waals surface area contributed by atoms with Crippen LogP contribution in [0.15, 0.2) is 66.7 Å². The van der Waals surface area contributed by atoms with Gasteiger partial charge in [-0.1, -0.05) is 43.1 Å². The van der Waals surface area contributed by atoms with E-state index in [4.69, 9.17) is 11.6 Å². The van der Waals surface area contributed by atoms with Gasteiger partial charge in [0.05, 0.1) is 16.3 Å². The Labute approximate surface area is 212 Å². The molecule has 0 spiro atoms. The molecule has 4 aromatic rings. The zero-order valence-electron chi connectivity index (χ0n) is 19.5. The second kappa shape index (κ2) is 9.47. The number of amides is 2. The van der Waals surface area contributed by atoms with Gasteiger partial charge in [0, 0.05) is 51.3 Å². The minimum absolute atomic E-state index is 0.116. The first-order valence-electron chi connectivity index (χ1n) is 11.7. The molecular weight excluding hydrogens is 480 g/mol. The van der Waals surface area contributed by atoms with Gasteiger partial charge in [-0.05, 0) is 42.8 Å². The molecule has 2 N–H and O–H groups in total. The monoisotopic (exact) mass is 502 g/mol. The molecule has 0 bridgehead atoms. The Hall–Kier alpha value is -4.17. The van der Waals surface area contributed by atoms with Crippen molar-refractivity contribution in [2.24, 2.45) is 0 Å². The van der Waals surface area contributed by atoms with Crippen molar-refractivity contribution in [2.75, 3.05) is 11.4 Å². The number of aromatic amines is 1. The first kappa shape index (κ1) is 23.6. The molecule has 182 valence electrons. The number of halogens is 1. The van der Waals surface area contributed by atoms with Crippen molar-refractivity contribution in [3.05, 3.63) is 93.1 Å². The fourth-order valence-corrected chi connectivity index (χ4v) is 4.84. The van der Waals surface area contributed by atoms with E-state index in [9.17, 15) is 19.7 Å². The molecule has 8 nitrogen and oxygen atoms in total. The normalized spacial score (nSPS) is 14.3. The van der Waals surface area contributed by atoms with Gasteiger partial charge in [-0.3, -0.25) is 24.6 Å². The minimum atomic E-state index is -0.972. The lowest BCUT2D eigenvalue weighted by Gasteiger charge is -2.36. The quantitative estimate of drug-likeness (QED) is 0.191. The number of nitrogens with zero attached hydrogens (tertiary/aromatic N) is 2. The van der Waals surface area contributed by atoms with Crippen LogP contribution in [0, 0.1) is 10.1 Å². The highest BCUT2D eigenvalue weighted by molar-refractivity contribution is 6.31. The molecule has 0 saturated heterocycles. The van der Waals surface area contributed by atoms with Crippen LogP contribution in [-0.4, -0.2) is 28.3 Å². The van der Waals surface area contributed by atoms with Gasteiger partial charge in [-0.2, -0.15) is 0 Å². The number of nitrogens with one attached hydrogen (secondary N) is 2. The highest BCUT2D eigenvalue weighted by atomic mass is 35.5. The summed E-state index contributed by atoms with van der Waals surface area (Å²) in [5, 5.41) is 15.5. The van der Waals surface area contributed by atoms with E-state index in [1.54, 1.807) is 12.1 Å². The maximum Gasteiger partial charge on any atom is 0.269 e. The fourth-order valence-electron chi connectivity index (χ4n) is 4.67. The molecular formula is C27H23ClN4O4. The molecule has 2 heterocycles. The number of anilines is 1. The van der Waals surface area contributed by atoms with E-state index < -0.39 is 16.9 Å². The number of benzene rings is 3. The van der Waals surface area contributed by atoms with E-state index in [2.05, 4.69) is 10.3 Å². The van der Waals surface area contributed by atoms with Gasteiger partial charge in [-0.25, -0.2) is 0 Å². The summed E-state index contributed by atoms with van der Waals surface area (Å²) in [6.07, 6.45) is 1.72. The van der Waals surface area contributed by atoms with Crippen LogP contribution in [0.2, 0.25) is 5.02 Å². The lowest BCUT2D eigenvalue weighted by molar-refractivity contribution is -0.384. The number of H-pyrrole nitrogens is 1. The summed E-state index contributed by atoms with van der Waals surface area (Å²) in [6, 6.07) is 17.3. The second-order valence-corrected chi connectivity index (χ2v) is 9.08. The van der Waals surface area contributed by atoms with Crippen LogP contribution < -0.4 is 10.2 Å². The Kier molecular flexibility index (Phi) is 6.20. The van der Waals surface area contributed by atoms with E-state index in [1.165, 1.54) is 29.2 Å². The van der Waals surface area contributed by atoms with Crippen molar-refractivity contribution in [1.29, 1.82) is 0 Å². The van der Waals surface area contributed by atoms with Crippen LogP contribution in [0.25, 0.3) is 22.0 Å². The van der Waals surface area contributed by atoms with Gasteiger partial charge in [-0.15, -0.1) is 0 Å². The van der Waals surface area contributed by atoms with E-state index >= 15 is 0 Å². The zero-order valence-corrected chi connectivity index (χ0v) is 20.2. The number of rotatable bonds is 6. The number of carbonyl (C=O) groups is 2. The third-order valence-corrected chi connectivity index (χ3v) is 6.61. The topological polar surface area (TPSA) is 108 Å². The van der Waals surface area contributed by atoms with Gasteiger partial charge in [0.1, 0.15) is 0 Å². The molecule has 9 heteroatoms. The van der Waals surface area contributed by atoms with Crippen molar-refractivity contribution < 1.29 is 14.5 Å². The highest BCUT2D eigenvalue weighted by Crippen LogP contribution is 2.48. The Bertz CT molecular complexity index is 1500. The van der Waals surface area contributed by atoms with Crippen molar-refractivity contribution in [3.8, 4) is 11.1 Å². The Morgan fingerprint density at radius 3 is 2.58 bits per heavy atom. The summed E-state index contributed by atoms with van der Waals surface area (Å²) in [6.45, 7) is 2.52. The molecule has 0 fully saturated rings. The summed E-state index contributed by atoms with van der Waals surface area (Å²) >= 11 is 6.32. The maximum atomic E-state index is 13.9. The third kappa shape index (κ3) is 3.99. The van der Waals surface area contributed by atoms with Crippen LogP contribution >= 0.6 is 11.6 Å². The molecule has 36 heavy (non-hydrogen) atoms. The zero-order chi connectivity index (χ0) is 25.4. The number of para-hydroxylation sites is 1. The Morgan fingerprint density at radius 1 is 1.11 bits per heavy atom. The molecule has 1 unspecified atom stereocenters. The smallest absolute Gasteiger partial charge is 0.269 e. The van der Waals surface area contributed by atoms with Gasteiger partial charge in [0.2, 0.25) is 5.91 Å². The molecule has 1 aliphatic heterocycles. The van der Waals surface area contributed by atoms with Crippen molar-refractivity contribution in [2.45, 2.75) is 25.8 Å². The lowest BCUT2D eigenvalue weighted by atomic mass is 9.90. The number of nitro benzene ring substituents is 1. The number of fused-ring (bicyclic) bond motifs is 5. The van der Waals surface area contributed by atoms with E-state index in [-0.39, 0.29) is 17.2 Å². The van der Waals surface area contributed by atoms with E-state index in [0.29, 0.717) is 22.9 Å².